The molecule has 0 bridgehead atoms. The Labute approximate surface area is 159 Å². The number of aliphatic hydroxyl groups excluding tert-OH is 1. The minimum Gasteiger partial charge on any atom is -0.481 e. The van der Waals surface area contributed by atoms with Crippen LogP contribution in [0, 0.1) is 0 Å². The summed E-state index contributed by atoms with van der Waals surface area (Å²) in [5.74, 6) is -0.698. The summed E-state index contributed by atoms with van der Waals surface area (Å²) < 4.78 is 0. The van der Waals surface area contributed by atoms with Crippen molar-refractivity contribution in [2.45, 2.75) is 103 Å². The molecule has 1 aromatic carbocycles. The van der Waals surface area contributed by atoms with Crippen molar-refractivity contribution in [1.82, 2.24) is 0 Å². The fourth-order valence-electron chi connectivity index (χ4n) is 3.33. The van der Waals surface area contributed by atoms with Gasteiger partial charge in [0.15, 0.2) is 0 Å². The molecule has 0 aliphatic carbocycles. The molecule has 26 heavy (non-hydrogen) atoms. The highest BCUT2D eigenvalue weighted by atomic mass is 16.4. The van der Waals surface area contributed by atoms with E-state index >= 15 is 0 Å². The van der Waals surface area contributed by atoms with Gasteiger partial charge in [-0.3, -0.25) is 4.79 Å². The Hall–Kier alpha value is -1.35. The number of unbranched alkanes of at least 4 members (excludes halogenated alkanes) is 9. The van der Waals surface area contributed by atoms with E-state index < -0.39 is 5.97 Å². The second kappa shape index (κ2) is 14.8. The molecule has 0 radical (unpaired) electrons. The van der Waals surface area contributed by atoms with Gasteiger partial charge in [-0.2, -0.15) is 0 Å². The van der Waals surface area contributed by atoms with Crippen molar-refractivity contribution in [3.63, 3.8) is 0 Å². The molecule has 0 spiro atoms. The SMILES string of the molecule is CCCCCCCc1ccc(C(O)CCCCCCCCC(=O)O)cc1. The van der Waals surface area contributed by atoms with Gasteiger partial charge in [0, 0.05) is 6.42 Å². The summed E-state index contributed by atoms with van der Waals surface area (Å²) in [7, 11) is 0. The number of hydrogen-bond donors (Lipinski definition) is 2. The average Bonchev–Trinajstić information content (AvgIpc) is 2.64. The van der Waals surface area contributed by atoms with Crippen molar-refractivity contribution in [1.29, 1.82) is 0 Å². The van der Waals surface area contributed by atoms with Crippen LogP contribution in [0.25, 0.3) is 0 Å². The van der Waals surface area contributed by atoms with Gasteiger partial charge >= 0.3 is 5.97 Å². The first-order valence-corrected chi connectivity index (χ1v) is 10.6. The largest absolute Gasteiger partial charge is 0.481 e. The molecule has 0 saturated carbocycles. The zero-order valence-corrected chi connectivity index (χ0v) is 16.6. The van der Waals surface area contributed by atoms with E-state index in [1.54, 1.807) is 0 Å². The fourth-order valence-corrected chi connectivity index (χ4v) is 3.33. The Balaban J connectivity index is 2.10. The van der Waals surface area contributed by atoms with Crippen molar-refractivity contribution in [2.75, 3.05) is 0 Å². The van der Waals surface area contributed by atoms with Gasteiger partial charge in [0.05, 0.1) is 6.10 Å². The molecule has 1 aromatic rings. The highest BCUT2D eigenvalue weighted by Crippen LogP contribution is 2.21. The number of aliphatic carboxylic acids is 1. The first kappa shape index (κ1) is 22.7. The van der Waals surface area contributed by atoms with E-state index in [0.29, 0.717) is 0 Å². The summed E-state index contributed by atoms with van der Waals surface area (Å²) in [5, 5.41) is 18.9. The van der Waals surface area contributed by atoms with Crippen LogP contribution in [0.1, 0.15) is 108 Å². The first-order chi connectivity index (χ1) is 12.6. The van der Waals surface area contributed by atoms with Gasteiger partial charge in [0.2, 0.25) is 0 Å². The zero-order valence-electron chi connectivity index (χ0n) is 16.6. The number of aliphatic hydroxyl groups is 1. The monoisotopic (exact) mass is 362 g/mol. The lowest BCUT2D eigenvalue weighted by Gasteiger charge is -2.12. The van der Waals surface area contributed by atoms with Gasteiger partial charge in [0.25, 0.3) is 0 Å². The molecule has 1 unspecified atom stereocenters. The summed E-state index contributed by atoms with van der Waals surface area (Å²) in [6.07, 6.45) is 14.6. The van der Waals surface area contributed by atoms with E-state index in [1.807, 2.05) is 0 Å². The number of carbonyl (C=O) groups is 1. The minimum atomic E-state index is -0.698. The number of hydrogen-bond acceptors (Lipinski definition) is 2. The molecule has 0 heterocycles. The highest BCUT2D eigenvalue weighted by Gasteiger charge is 2.07. The van der Waals surface area contributed by atoms with Crippen molar-refractivity contribution >= 4 is 5.97 Å². The third-order valence-electron chi connectivity index (χ3n) is 5.05. The van der Waals surface area contributed by atoms with E-state index in [0.717, 1.165) is 56.9 Å². The number of carboxylic acids is 1. The quantitative estimate of drug-likeness (QED) is 0.333. The lowest BCUT2D eigenvalue weighted by atomic mass is 9.99. The Morgan fingerprint density at radius 2 is 1.42 bits per heavy atom. The molecular formula is C23H38O3. The molecule has 3 nitrogen and oxygen atoms in total. The van der Waals surface area contributed by atoms with Crippen molar-refractivity contribution in [3.05, 3.63) is 35.4 Å². The molecule has 1 rings (SSSR count). The summed E-state index contributed by atoms with van der Waals surface area (Å²) in [6, 6.07) is 8.50. The fraction of sp³-hybridized carbons (Fsp3) is 0.696. The summed E-state index contributed by atoms with van der Waals surface area (Å²) in [6.45, 7) is 2.24. The predicted octanol–water partition coefficient (Wildman–Crippen LogP) is 6.44. The Kier molecular flexibility index (Phi) is 12.9. The van der Waals surface area contributed by atoms with E-state index in [9.17, 15) is 9.90 Å². The number of aryl methyl sites for hydroxylation is 1. The van der Waals surface area contributed by atoms with Crippen LogP contribution in [0.2, 0.25) is 0 Å². The molecular weight excluding hydrogens is 324 g/mol. The van der Waals surface area contributed by atoms with E-state index in [2.05, 4.69) is 31.2 Å². The molecule has 0 aromatic heterocycles. The second-order valence-electron chi connectivity index (χ2n) is 7.48. The second-order valence-corrected chi connectivity index (χ2v) is 7.48. The number of rotatable bonds is 16. The minimum absolute atomic E-state index is 0.285. The molecule has 0 fully saturated rings. The Bertz CT molecular complexity index is 467. The number of benzene rings is 1. The van der Waals surface area contributed by atoms with Gasteiger partial charge in [-0.15, -0.1) is 0 Å². The lowest BCUT2D eigenvalue weighted by Crippen LogP contribution is -1.98. The lowest BCUT2D eigenvalue weighted by molar-refractivity contribution is -0.137. The third-order valence-corrected chi connectivity index (χ3v) is 5.05. The highest BCUT2D eigenvalue weighted by molar-refractivity contribution is 5.66. The molecule has 0 aliphatic heterocycles. The predicted molar refractivity (Wildman–Crippen MR) is 108 cm³/mol. The van der Waals surface area contributed by atoms with Crippen LogP contribution in [0.5, 0.6) is 0 Å². The molecule has 3 heteroatoms. The molecule has 0 saturated heterocycles. The molecule has 0 amide bonds. The topological polar surface area (TPSA) is 57.5 Å². The summed E-state index contributed by atoms with van der Waals surface area (Å²) >= 11 is 0. The standard InChI is InChI=1S/C23H38O3/c1-2-3-4-7-10-13-20-16-18-21(19-17-20)22(24)14-11-8-5-6-9-12-15-23(25)26/h16-19,22,24H,2-15H2,1H3,(H,25,26). The average molecular weight is 363 g/mol. The molecule has 1 atom stereocenters. The maximum absolute atomic E-state index is 10.4. The first-order valence-electron chi connectivity index (χ1n) is 10.6. The zero-order chi connectivity index (χ0) is 19.0. The normalized spacial score (nSPS) is 12.2. The Morgan fingerprint density at radius 3 is 2.08 bits per heavy atom. The summed E-state index contributed by atoms with van der Waals surface area (Å²) in [4.78, 5) is 10.4. The van der Waals surface area contributed by atoms with Crippen LogP contribution < -0.4 is 0 Å². The van der Waals surface area contributed by atoms with Crippen LogP contribution >= 0.6 is 0 Å². The number of carboxylic acid groups (broad SMARTS) is 1. The van der Waals surface area contributed by atoms with Crippen molar-refractivity contribution < 1.29 is 15.0 Å². The van der Waals surface area contributed by atoms with Crippen LogP contribution in [0.3, 0.4) is 0 Å². The van der Waals surface area contributed by atoms with Gasteiger partial charge < -0.3 is 10.2 Å². The van der Waals surface area contributed by atoms with Crippen LogP contribution in [0.15, 0.2) is 24.3 Å². The van der Waals surface area contributed by atoms with Crippen LogP contribution in [0.4, 0.5) is 0 Å². The molecule has 0 aliphatic rings. The van der Waals surface area contributed by atoms with Gasteiger partial charge in [0.1, 0.15) is 0 Å². The van der Waals surface area contributed by atoms with Crippen molar-refractivity contribution in [3.8, 4) is 0 Å². The van der Waals surface area contributed by atoms with Crippen LogP contribution in [-0.2, 0) is 11.2 Å². The van der Waals surface area contributed by atoms with Gasteiger partial charge in [-0.05, 0) is 36.8 Å². The van der Waals surface area contributed by atoms with Crippen LogP contribution in [-0.4, -0.2) is 16.2 Å². The smallest absolute Gasteiger partial charge is 0.303 e. The van der Waals surface area contributed by atoms with Gasteiger partial charge in [-0.1, -0.05) is 89.0 Å². The maximum Gasteiger partial charge on any atom is 0.303 e. The molecule has 2 N–H and O–H groups in total. The summed E-state index contributed by atoms with van der Waals surface area (Å²) in [5.41, 5.74) is 2.40. The van der Waals surface area contributed by atoms with Crippen molar-refractivity contribution in [2.24, 2.45) is 0 Å². The van der Waals surface area contributed by atoms with Gasteiger partial charge in [-0.25, -0.2) is 0 Å². The third kappa shape index (κ3) is 11.3. The maximum atomic E-state index is 10.4. The molecule has 148 valence electrons. The van der Waals surface area contributed by atoms with E-state index in [1.165, 1.54) is 37.7 Å². The van der Waals surface area contributed by atoms with E-state index in [-0.39, 0.29) is 12.5 Å². The Morgan fingerprint density at radius 1 is 0.846 bits per heavy atom. The van der Waals surface area contributed by atoms with E-state index in [4.69, 9.17) is 5.11 Å².